The van der Waals surface area contributed by atoms with E-state index in [0.29, 0.717) is 5.58 Å². The Morgan fingerprint density at radius 1 is 1.31 bits per heavy atom. The number of para-hydroxylation sites is 1. The normalized spacial score (nSPS) is 11.9. The van der Waals surface area contributed by atoms with E-state index in [1.54, 1.807) is 6.07 Å². The largest absolute Gasteiger partial charge is 0.475 e. The predicted molar refractivity (Wildman–Crippen MR) is 61.9 cm³/mol. The lowest BCUT2D eigenvalue weighted by molar-refractivity contribution is 0.0665. The number of carbonyl (C=O) groups is 1. The van der Waals surface area contributed by atoms with Crippen LogP contribution in [0.15, 0.2) is 28.7 Å². The van der Waals surface area contributed by atoms with Crippen molar-refractivity contribution in [2.75, 3.05) is 0 Å². The smallest absolute Gasteiger partial charge is 0.371 e. The van der Waals surface area contributed by atoms with Crippen molar-refractivity contribution in [1.82, 2.24) is 0 Å². The van der Waals surface area contributed by atoms with Crippen LogP contribution in [-0.4, -0.2) is 11.1 Å². The average Bonchev–Trinajstić information content (AvgIpc) is 2.58. The molecular weight excluding hydrogens is 204 g/mol. The van der Waals surface area contributed by atoms with Crippen LogP contribution in [0.1, 0.15) is 36.9 Å². The van der Waals surface area contributed by atoms with Crippen molar-refractivity contribution in [2.24, 2.45) is 0 Å². The second-order valence-electron chi connectivity index (χ2n) is 4.89. The van der Waals surface area contributed by atoms with E-state index in [-0.39, 0.29) is 11.2 Å². The predicted octanol–water partition coefficient (Wildman–Crippen LogP) is 3.43. The van der Waals surface area contributed by atoms with E-state index in [1.807, 2.05) is 18.2 Å². The van der Waals surface area contributed by atoms with Crippen molar-refractivity contribution in [3.63, 3.8) is 0 Å². The summed E-state index contributed by atoms with van der Waals surface area (Å²) >= 11 is 0. The molecule has 1 aromatic carbocycles. The van der Waals surface area contributed by atoms with Crippen LogP contribution in [0.5, 0.6) is 0 Å². The van der Waals surface area contributed by atoms with E-state index < -0.39 is 5.97 Å². The first-order chi connectivity index (χ1) is 7.39. The third-order valence-electron chi connectivity index (χ3n) is 2.56. The third-order valence-corrected chi connectivity index (χ3v) is 2.56. The van der Waals surface area contributed by atoms with Crippen molar-refractivity contribution in [2.45, 2.75) is 26.2 Å². The van der Waals surface area contributed by atoms with Gasteiger partial charge in [0.2, 0.25) is 5.76 Å². The van der Waals surface area contributed by atoms with Crippen molar-refractivity contribution >= 4 is 16.9 Å². The van der Waals surface area contributed by atoms with Gasteiger partial charge in [-0.05, 0) is 11.5 Å². The van der Waals surface area contributed by atoms with Gasteiger partial charge in [-0.1, -0.05) is 39.0 Å². The van der Waals surface area contributed by atoms with Gasteiger partial charge in [0, 0.05) is 10.9 Å². The Morgan fingerprint density at radius 2 is 2.00 bits per heavy atom. The molecule has 0 fully saturated rings. The van der Waals surface area contributed by atoms with Crippen LogP contribution in [0, 0.1) is 0 Å². The Kier molecular flexibility index (Phi) is 2.26. The van der Waals surface area contributed by atoms with Crippen molar-refractivity contribution < 1.29 is 14.3 Å². The topological polar surface area (TPSA) is 50.4 Å². The van der Waals surface area contributed by atoms with Crippen LogP contribution < -0.4 is 0 Å². The molecule has 1 N–H and O–H groups in total. The lowest BCUT2D eigenvalue weighted by Crippen LogP contribution is -2.10. The molecule has 0 bridgehead atoms. The standard InChI is InChI=1S/C13H14O3/c1-13(2,3)9-6-4-5-8-7-10(12(14)15)16-11(8)9/h4-7H,1-3H3,(H,14,15). The van der Waals surface area contributed by atoms with Crippen molar-refractivity contribution in [3.8, 4) is 0 Å². The Balaban J connectivity index is 2.73. The Hall–Kier alpha value is -1.77. The van der Waals surface area contributed by atoms with Crippen LogP contribution in [0.25, 0.3) is 11.0 Å². The molecule has 0 saturated carbocycles. The number of fused-ring (bicyclic) bond motifs is 1. The number of aromatic carboxylic acids is 1. The van der Waals surface area contributed by atoms with Gasteiger partial charge in [-0.25, -0.2) is 4.79 Å². The van der Waals surface area contributed by atoms with Gasteiger partial charge in [0.05, 0.1) is 0 Å². The molecule has 0 aliphatic carbocycles. The summed E-state index contributed by atoms with van der Waals surface area (Å²) in [5.74, 6) is -1.04. The van der Waals surface area contributed by atoms with E-state index in [0.717, 1.165) is 10.9 Å². The van der Waals surface area contributed by atoms with Gasteiger partial charge < -0.3 is 9.52 Å². The van der Waals surface area contributed by atoms with Gasteiger partial charge in [0.15, 0.2) is 0 Å². The first-order valence-electron chi connectivity index (χ1n) is 5.16. The first kappa shape index (κ1) is 10.7. The van der Waals surface area contributed by atoms with Gasteiger partial charge in [-0.3, -0.25) is 0 Å². The molecule has 3 nitrogen and oxygen atoms in total. The highest BCUT2D eigenvalue weighted by Gasteiger charge is 2.20. The minimum atomic E-state index is -1.03. The van der Waals surface area contributed by atoms with Gasteiger partial charge in [0.25, 0.3) is 0 Å². The quantitative estimate of drug-likeness (QED) is 0.797. The zero-order valence-corrected chi connectivity index (χ0v) is 9.57. The Morgan fingerprint density at radius 3 is 2.56 bits per heavy atom. The van der Waals surface area contributed by atoms with Gasteiger partial charge in [0.1, 0.15) is 5.58 Å². The molecule has 1 heterocycles. The molecule has 2 rings (SSSR count). The number of carboxylic acid groups (broad SMARTS) is 1. The molecule has 1 aromatic heterocycles. The molecular formula is C13H14O3. The number of hydrogen-bond donors (Lipinski definition) is 1. The summed E-state index contributed by atoms with van der Waals surface area (Å²) in [5, 5.41) is 9.72. The maximum absolute atomic E-state index is 10.8. The molecule has 0 aliphatic rings. The van der Waals surface area contributed by atoms with E-state index in [9.17, 15) is 4.79 Å². The highest BCUT2D eigenvalue weighted by atomic mass is 16.4. The Bertz CT molecular complexity index is 544. The van der Waals surface area contributed by atoms with Crippen molar-refractivity contribution in [3.05, 3.63) is 35.6 Å². The molecule has 3 heteroatoms. The average molecular weight is 218 g/mol. The molecule has 0 unspecified atom stereocenters. The molecule has 2 aromatic rings. The van der Waals surface area contributed by atoms with E-state index in [1.165, 1.54) is 0 Å². The zero-order chi connectivity index (χ0) is 11.9. The van der Waals surface area contributed by atoms with E-state index in [2.05, 4.69) is 20.8 Å². The number of benzene rings is 1. The molecule has 0 atom stereocenters. The highest BCUT2D eigenvalue weighted by Crippen LogP contribution is 2.31. The van der Waals surface area contributed by atoms with Crippen LogP contribution >= 0.6 is 0 Å². The van der Waals surface area contributed by atoms with Crippen LogP contribution in [0.4, 0.5) is 0 Å². The number of furan rings is 1. The molecule has 0 spiro atoms. The number of hydrogen-bond acceptors (Lipinski definition) is 2. The van der Waals surface area contributed by atoms with Gasteiger partial charge >= 0.3 is 5.97 Å². The van der Waals surface area contributed by atoms with E-state index >= 15 is 0 Å². The molecule has 0 radical (unpaired) electrons. The van der Waals surface area contributed by atoms with Crippen LogP contribution in [-0.2, 0) is 5.41 Å². The summed E-state index contributed by atoms with van der Waals surface area (Å²) in [6.07, 6.45) is 0. The summed E-state index contributed by atoms with van der Waals surface area (Å²) < 4.78 is 5.39. The summed E-state index contributed by atoms with van der Waals surface area (Å²) in [4.78, 5) is 10.8. The zero-order valence-electron chi connectivity index (χ0n) is 9.57. The van der Waals surface area contributed by atoms with Crippen LogP contribution in [0.2, 0.25) is 0 Å². The fourth-order valence-corrected chi connectivity index (χ4v) is 1.76. The third kappa shape index (κ3) is 1.69. The van der Waals surface area contributed by atoms with Gasteiger partial charge in [-0.2, -0.15) is 0 Å². The summed E-state index contributed by atoms with van der Waals surface area (Å²) in [5.41, 5.74) is 1.64. The minimum Gasteiger partial charge on any atom is -0.475 e. The number of rotatable bonds is 1. The maximum Gasteiger partial charge on any atom is 0.371 e. The number of carboxylic acids is 1. The second kappa shape index (κ2) is 3.37. The fourth-order valence-electron chi connectivity index (χ4n) is 1.76. The highest BCUT2D eigenvalue weighted by molar-refractivity contribution is 5.92. The second-order valence-corrected chi connectivity index (χ2v) is 4.89. The molecule has 0 saturated heterocycles. The van der Waals surface area contributed by atoms with Crippen LogP contribution in [0.3, 0.4) is 0 Å². The molecule has 16 heavy (non-hydrogen) atoms. The first-order valence-corrected chi connectivity index (χ1v) is 5.16. The van der Waals surface area contributed by atoms with Gasteiger partial charge in [-0.15, -0.1) is 0 Å². The Labute approximate surface area is 93.7 Å². The minimum absolute atomic E-state index is 0.00769. The molecule has 0 amide bonds. The summed E-state index contributed by atoms with van der Waals surface area (Å²) in [6.45, 7) is 6.22. The molecule has 0 aliphatic heterocycles. The maximum atomic E-state index is 10.8. The lowest BCUT2D eigenvalue weighted by atomic mass is 9.86. The summed E-state index contributed by atoms with van der Waals surface area (Å²) in [7, 11) is 0. The summed E-state index contributed by atoms with van der Waals surface area (Å²) in [6, 6.07) is 7.31. The SMILES string of the molecule is CC(C)(C)c1cccc2cc(C(=O)O)oc12. The monoisotopic (exact) mass is 218 g/mol. The van der Waals surface area contributed by atoms with E-state index in [4.69, 9.17) is 9.52 Å². The fraction of sp³-hybridized carbons (Fsp3) is 0.308. The molecule has 84 valence electrons. The lowest BCUT2D eigenvalue weighted by Gasteiger charge is -2.18. The van der Waals surface area contributed by atoms with Crippen molar-refractivity contribution in [1.29, 1.82) is 0 Å².